The van der Waals surface area contributed by atoms with Crippen LogP contribution in [0, 0.1) is 5.41 Å². The van der Waals surface area contributed by atoms with Crippen molar-refractivity contribution in [1.82, 2.24) is 0 Å². The van der Waals surface area contributed by atoms with Gasteiger partial charge in [0.15, 0.2) is 0 Å². The van der Waals surface area contributed by atoms with Crippen molar-refractivity contribution >= 4 is 5.97 Å². The highest BCUT2D eigenvalue weighted by Gasteiger charge is 2.66. The lowest BCUT2D eigenvalue weighted by atomic mass is 9.62. The van der Waals surface area contributed by atoms with Crippen LogP contribution in [0.3, 0.4) is 0 Å². The summed E-state index contributed by atoms with van der Waals surface area (Å²) in [4.78, 5) is 11.5. The highest BCUT2D eigenvalue weighted by atomic mass is 16.6. The summed E-state index contributed by atoms with van der Waals surface area (Å²) in [6.07, 6.45) is 1.49. The van der Waals surface area contributed by atoms with E-state index >= 15 is 0 Å². The van der Waals surface area contributed by atoms with Crippen molar-refractivity contribution < 1.29 is 14.3 Å². The van der Waals surface area contributed by atoms with Gasteiger partial charge in [-0.25, -0.2) is 0 Å². The van der Waals surface area contributed by atoms with Crippen LogP contribution in [-0.2, 0) is 14.3 Å². The molecule has 1 saturated carbocycles. The van der Waals surface area contributed by atoms with Crippen LogP contribution in [0.5, 0.6) is 0 Å². The zero-order chi connectivity index (χ0) is 9.53. The molecule has 4 nitrogen and oxygen atoms in total. The fourth-order valence-electron chi connectivity index (χ4n) is 2.37. The van der Waals surface area contributed by atoms with E-state index in [0.29, 0.717) is 19.8 Å². The van der Waals surface area contributed by atoms with Gasteiger partial charge in [0, 0.05) is 6.54 Å². The quantitative estimate of drug-likeness (QED) is 0.631. The van der Waals surface area contributed by atoms with Gasteiger partial charge in [0.2, 0.25) is 0 Å². The molecule has 3 aliphatic rings. The van der Waals surface area contributed by atoms with Crippen molar-refractivity contribution in [2.24, 2.45) is 11.1 Å². The van der Waals surface area contributed by atoms with E-state index in [-0.39, 0.29) is 17.0 Å². The van der Waals surface area contributed by atoms with Crippen LogP contribution in [-0.4, -0.2) is 31.3 Å². The third-order valence-electron chi connectivity index (χ3n) is 3.06. The van der Waals surface area contributed by atoms with Crippen molar-refractivity contribution in [3.05, 3.63) is 0 Å². The Morgan fingerprint density at radius 3 is 2.77 bits per heavy atom. The first-order valence-electron chi connectivity index (χ1n) is 4.68. The molecule has 2 aliphatic heterocycles. The maximum atomic E-state index is 11.5. The van der Waals surface area contributed by atoms with Gasteiger partial charge < -0.3 is 15.2 Å². The summed E-state index contributed by atoms with van der Waals surface area (Å²) in [5, 5.41) is 0. The van der Waals surface area contributed by atoms with Crippen LogP contribution in [0.1, 0.15) is 19.8 Å². The van der Waals surface area contributed by atoms with Crippen molar-refractivity contribution in [1.29, 1.82) is 0 Å². The second kappa shape index (κ2) is 2.69. The largest absolute Gasteiger partial charge is 0.465 e. The molecule has 0 atom stereocenters. The zero-order valence-corrected chi connectivity index (χ0v) is 7.84. The monoisotopic (exact) mass is 185 g/mol. The topological polar surface area (TPSA) is 61.5 Å². The average molecular weight is 185 g/mol. The minimum absolute atomic E-state index is 0.114. The second-order valence-corrected chi connectivity index (χ2v) is 4.03. The van der Waals surface area contributed by atoms with Crippen LogP contribution < -0.4 is 5.73 Å². The summed E-state index contributed by atoms with van der Waals surface area (Å²) < 4.78 is 10.5. The minimum atomic E-state index is -0.352. The lowest BCUT2D eigenvalue weighted by Gasteiger charge is -2.41. The Bertz CT molecular complexity index is 233. The number of hydrogen-bond acceptors (Lipinski definition) is 4. The predicted octanol–water partition coefficient (Wildman–Crippen LogP) is 0.0574. The molecule has 0 aromatic heterocycles. The molecule has 0 unspecified atom stereocenters. The Labute approximate surface area is 77.4 Å². The number of nitrogens with two attached hydrogens (primary N) is 1. The van der Waals surface area contributed by atoms with Crippen molar-refractivity contribution in [3.8, 4) is 0 Å². The van der Waals surface area contributed by atoms with E-state index in [1.54, 1.807) is 0 Å². The van der Waals surface area contributed by atoms with E-state index in [1.807, 2.05) is 6.92 Å². The molecule has 2 heterocycles. The summed E-state index contributed by atoms with van der Waals surface area (Å²) in [7, 11) is 0. The molecule has 2 saturated heterocycles. The molecule has 3 rings (SSSR count). The molecule has 1 aliphatic carbocycles. The van der Waals surface area contributed by atoms with Crippen LogP contribution >= 0.6 is 0 Å². The molecular weight excluding hydrogens is 170 g/mol. The predicted molar refractivity (Wildman–Crippen MR) is 46.0 cm³/mol. The molecule has 3 fully saturated rings. The lowest BCUT2D eigenvalue weighted by Crippen LogP contribution is -2.53. The van der Waals surface area contributed by atoms with Crippen molar-refractivity contribution in [3.63, 3.8) is 0 Å². The zero-order valence-electron chi connectivity index (χ0n) is 7.84. The number of carbonyl (C=O) groups is 1. The van der Waals surface area contributed by atoms with Crippen LogP contribution in [0.4, 0.5) is 0 Å². The van der Waals surface area contributed by atoms with Crippen LogP contribution in [0.2, 0.25) is 0 Å². The first-order valence-corrected chi connectivity index (χ1v) is 4.68. The van der Waals surface area contributed by atoms with Gasteiger partial charge in [0.05, 0.1) is 24.2 Å². The smallest absolute Gasteiger partial charge is 0.314 e. The van der Waals surface area contributed by atoms with E-state index in [2.05, 4.69) is 0 Å². The Hall–Kier alpha value is -0.610. The van der Waals surface area contributed by atoms with Gasteiger partial charge in [0.1, 0.15) is 0 Å². The standard InChI is InChI=1S/C9H15NO3/c1-2-12-7(11)8-3-9(4-8,5-10)13-6-8/h2-6,10H2,1H3. The number of ether oxygens (including phenoxy) is 2. The van der Waals surface area contributed by atoms with Gasteiger partial charge in [-0.2, -0.15) is 0 Å². The third kappa shape index (κ3) is 1.09. The summed E-state index contributed by atoms with van der Waals surface area (Å²) in [5.74, 6) is -0.114. The Balaban J connectivity index is 2.01. The molecule has 0 amide bonds. The normalized spacial score (nSPS) is 41.4. The maximum Gasteiger partial charge on any atom is 0.314 e. The Morgan fingerprint density at radius 2 is 2.31 bits per heavy atom. The SMILES string of the molecule is CCOC(=O)C12COC(CN)(C1)C2. The number of rotatable bonds is 3. The van der Waals surface area contributed by atoms with Gasteiger partial charge in [-0.05, 0) is 19.8 Å². The van der Waals surface area contributed by atoms with Crippen molar-refractivity contribution in [2.75, 3.05) is 19.8 Å². The minimum Gasteiger partial charge on any atom is -0.465 e. The van der Waals surface area contributed by atoms with Crippen LogP contribution in [0.25, 0.3) is 0 Å². The lowest BCUT2D eigenvalue weighted by molar-refractivity contribution is -0.160. The maximum absolute atomic E-state index is 11.5. The van der Waals surface area contributed by atoms with Gasteiger partial charge >= 0.3 is 5.97 Å². The fraction of sp³-hybridized carbons (Fsp3) is 0.889. The van der Waals surface area contributed by atoms with E-state index in [9.17, 15) is 4.79 Å². The summed E-state index contributed by atoms with van der Waals surface area (Å²) in [6.45, 7) is 3.26. The number of fused-ring (bicyclic) bond motifs is 1. The van der Waals surface area contributed by atoms with E-state index in [4.69, 9.17) is 15.2 Å². The average Bonchev–Trinajstić information content (AvgIpc) is 2.59. The van der Waals surface area contributed by atoms with Crippen LogP contribution in [0.15, 0.2) is 0 Å². The highest BCUT2D eigenvalue weighted by Crippen LogP contribution is 2.57. The Kier molecular flexibility index (Phi) is 1.85. The number of hydrogen-bond donors (Lipinski definition) is 1. The summed E-state index contributed by atoms with van der Waals surface area (Å²) in [6, 6.07) is 0. The fourth-order valence-corrected chi connectivity index (χ4v) is 2.37. The van der Waals surface area contributed by atoms with Gasteiger partial charge in [-0.3, -0.25) is 4.79 Å². The van der Waals surface area contributed by atoms with E-state index in [0.717, 1.165) is 12.8 Å². The number of carbonyl (C=O) groups excluding carboxylic acids is 1. The Morgan fingerprint density at radius 1 is 1.62 bits per heavy atom. The number of esters is 1. The third-order valence-corrected chi connectivity index (χ3v) is 3.06. The van der Waals surface area contributed by atoms with E-state index < -0.39 is 0 Å². The summed E-state index contributed by atoms with van der Waals surface area (Å²) in [5.41, 5.74) is 5.01. The molecular formula is C9H15NO3. The molecule has 0 spiro atoms. The molecule has 0 aromatic rings. The molecule has 2 bridgehead atoms. The molecule has 4 heteroatoms. The van der Waals surface area contributed by atoms with E-state index in [1.165, 1.54) is 0 Å². The molecule has 74 valence electrons. The molecule has 13 heavy (non-hydrogen) atoms. The van der Waals surface area contributed by atoms with Gasteiger partial charge in [-0.1, -0.05) is 0 Å². The summed E-state index contributed by atoms with van der Waals surface area (Å²) >= 11 is 0. The van der Waals surface area contributed by atoms with Crippen molar-refractivity contribution in [2.45, 2.75) is 25.4 Å². The molecule has 0 aromatic carbocycles. The van der Waals surface area contributed by atoms with Gasteiger partial charge in [0.25, 0.3) is 0 Å². The van der Waals surface area contributed by atoms with Gasteiger partial charge in [-0.15, -0.1) is 0 Å². The molecule has 0 radical (unpaired) electrons. The molecule has 2 N–H and O–H groups in total. The highest BCUT2D eigenvalue weighted by molar-refractivity contribution is 5.79. The first kappa shape index (κ1) is 8.97. The first-order chi connectivity index (χ1) is 6.16. The second-order valence-electron chi connectivity index (χ2n) is 4.03.